The summed E-state index contributed by atoms with van der Waals surface area (Å²) in [6.07, 6.45) is 0. The first-order valence-electron chi connectivity index (χ1n) is 5.52. The van der Waals surface area contributed by atoms with E-state index in [9.17, 15) is 4.79 Å². The van der Waals surface area contributed by atoms with Crippen LogP contribution in [0.2, 0.25) is 0 Å². The van der Waals surface area contributed by atoms with E-state index in [0.29, 0.717) is 5.92 Å². The Kier molecular flexibility index (Phi) is 2.84. The van der Waals surface area contributed by atoms with Gasteiger partial charge in [0, 0.05) is 10.8 Å². The first-order valence-corrected chi connectivity index (χ1v) is 6.34. The van der Waals surface area contributed by atoms with Crippen molar-refractivity contribution < 1.29 is 0 Å². The van der Waals surface area contributed by atoms with E-state index in [-0.39, 0.29) is 11.5 Å². The van der Waals surface area contributed by atoms with Gasteiger partial charge in [0.25, 0.3) is 5.56 Å². The van der Waals surface area contributed by atoms with Crippen molar-refractivity contribution in [1.82, 2.24) is 9.97 Å². The number of rotatable bonds is 2. The van der Waals surface area contributed by atoms with Crippen LogP contribution in [0.25, 0.3) is 10.2 Å². The van der Waals surface area contributed by atoms with Gasteiger partial charge < -0.3 is 4.98 Å². The van der Waals surface area contributed by atoms with E-state index in [4.69, 9.17) is 0 Å². The largest absolute Gasteiger partial charge is 0.309 e. The number of fused-ring (bicyclic) bond motifs is 1. The lowest BCUT2D eigenvalue weighted by Gasteiger charge is -2.02. The summed E-state index contributed by atoms with van der Waals surface area (Å²) < 4.78 is 0.744. The standard InChI is InChI=1S/C12H16N2OS/c1-6(2)9-5-8-10(16-9)12(15)14-11(13-8)7(3)4/h5-7H,1-4H3,(H,13,14,15). The van der Waals surface area contributed by atoms with Crippen molar-refractivity contribution in [2.24, 2.45) is 0 Å². The first-order chi connectivity index (χ1) is 7.49. The van der Waals surface area contributed by atoms with E-state index in [1.54, 1.807) is 11.3 Å². The maximum Gasteiger partial charge on any atom is 0.268 e. The number of aromatic nitrogens is 2. The molecule has 2 aromatic heterocycles. The third-order valence-corrected chi connectivity index (χ3v) is 3.96. The van der Waals surface area contributed by atoms with Crippen LogP contribution in [0.4, 0.5) is 0 Å². The fourth-order valence-corrected chi connectivity index (χ4v) is 2.53. The minimum Gasteiger partial charge on any atom is -0.309 e. The lowest BCUT2D eigenvalue weighted by atomic mass is 10.2. The topological polar surface area (TPSA) is 45.8 Å². The minimum atomic E-state index is -0.00870. The van der Waals surface area contributed by atoms with E-state index in [1.807, 2.05) is 19.9 Å². The van der Waals surface area contributed by atoms with Gasteiger partial charge in [-0.15, -0.1) is 11.3 Å². The van der Waals surface area contributed by atoms with E-state index < -0.39 is 0 Å². The van der Waals surface area contributed by atoms with E-state index in [0.717, 1.165) is 16.0 Å². The van der Waals surface area contributed by atoms with Gasteiger partial charge in [0.05, 0.1) is 5.52 Å². The van der Waals surface area contributed by atoms with Gasteiger partial charge in [-0.3, -0.25) is 4.79 Å². The number of H-pyrrole nitrogens is 1. The van der Waals surface area contributed by atoms with Crippen LogP contribution in [0.5, 0.6) is 0 Å². The third-order valence-electron chi connectivity index (χ3n) is 2.54. The van der Waals surface area contributed by atoms with Crippen molar-refractivity contribution in [2.45, 2.75) is 39.5 Å². The molecule has 3 nitrogen and oxygen atoms in total. The summed E-state index contributed by atoms with van der Waals surface area (Å²) in [7, 11) is 0. The summed E-state index contributed by atoms with van der Waals surface area (Å²) in [6.45, 7) is 8.31. The summed E-state index contributed by atoms with van der Waals surface area (Å²) in [4.78, 5) is 20.4. The summed E-state index contributed by atoms with van der Waals surface area (Å²) in [5, 5.41) is 0. The molecule has 0 saturated heterocycles. The highest BCUT2D eigenvalue weighted by Crippen LogP contribution is 2.27. The second-order valence-electron chi connectivity index (χ2n) is 4.62. The Labute approximate surface area is 98.5 Å². The Morgan fingerprint density at radius 3 is 2.50 bits per heavy atom. The number of aromatic amines is 1. The summed E-state index contributed by atoms with van der Waals surface area (Å²) >= 11 is 1.55. The van der Waals surface area contributed by atoms with Gasteiger partial charge in [-0.05, 0) is 12.0 Å². The van der Waals surface area contributed by atoms with Crippen LogP contribution in [-0.2, 0) is 0 Å². The van der Waals surface area contributed by atoms with Crippen molar-refractivity contribution in [2.75, 3.05) is 0 Å². The zero-order chi connectivity index (χ0) is 11.9. The van der Waals surface area contributed by atoms with Crippen molar-refractivity contribution in [1.29, 1.82) is 0 Å². The molecule has 0 atom stereocenters. The molecule has 0 aliphatic rings. The van der Waals surface area contributed by atoms with Crippen LogP contribution in [0.15, 0.2) is 10.9 Å². The third kappa shape index (κ3) is 1.89. The average Bonchev–Trinajstić information content (AvgIpc) is 2.61. The fraction of sp³-hybridized carbons (Fsp3) is 0.500. The zero-order valence-electron chi connectivity index (χ0n) is 10.00. The maximum atomic E-state index is 11.9. The Morgan fingerprint density at radius 1 is 1.25 bits per heavy atom. The molecule has 2 aromatic rings. The molecule has 4 heteroatoms. The Morgan fingerprint density at radius 2 is 1.94 bits per heavy atom. The molecule has 86 valence electrons. The molecular weight excluding hydrogens is 220 g/mol. The Bertz CT molecular complexity index is 566. The smallest absolute Gasteiger partial charge is 0.268 e. The second kappa shape index (κ2) is 4.01. The number of hydrogen-bond donors (Lipinski definition) is 1. The normalized spacial score (nSPS) is 11.9. The quantitative estimate of drug-likeness (QED) is 0.870. The second-order valence-corrected chi connectivity index (χ2v) is 5.71. The molecule has 0 bridgehead atoms. The highest BCUT2D eigenvalue weighted by Gasteiger charge is 2.12. The predicted molar refractivity (Wildman–Crippen MR) is 68.4 cm³/mol. The maximum absolute atomic E-state index is 11.9. The van der Waals surface area contributed by atoms with Crippen LogP contribution < -0.4 is 5.56 Å². The Hall–Kier alpha value is -1.16. The first kappa shape index (κ1) is 11.3. The monoisotopic (exact) mass is 236 g/mol. The predicted octanol–water partition coefficient (Wildman–Crippen LogP) is 3.23. The zero-order valence-corrected chi connectivity index (χ0v) is 10.8. The molecule has 0 unspecified atom stereocenters. The minimum absolute atomic E-state index is 0.00870. The van der Waals surface area contributed by atoms with E-state index in [2.05, 4.69) is 23.8 Å². The molecule has 0 aliphatic heterocycles. The summed E-state index contributed by atoms with van der Waals surface area (Å²) in [6, 6.07) is 2.03. The van der Waals surface area contributed by atoms with Crippen LogP contribution >= 0.6 is 11.3 Å². The SMILES string of the molecule is CC(C)c1nc2cc(C(C)C)sc2c(=O)[nH]1. The molecule has 0 saturated carbocycles. The number of thiophene rings is 1. The molecule has 2 rings (SSSR count). The van der Waals surface area contributed by atoms with Gasteiger partial charge in [-0.1, -0.05) is 27.7 Å². The highest BCUT2D eigenvalue weighted by atomic mass is 32.1. The molecule has 1 N–H and O–H groups in total. The molecule has 0 fully saturated rings. The van der Waals surface area contributed by atoms with Crippen molar-refractivity contribution in [3.8, 4) is 0 Å². The molecule has 0 aliphatic carbocycles. The molecular formula is C12H16N2OS. The van der Waals surface area contributed by atoms with Gasteiger partial charge in [-0.2, -0.15) is 0 Å². The summed E-state index contributed by atoms with van der Waals surface area (Å²) in [5.41, 5.74) is 0.826. The molecule has 0 aromatic carbocycles. The molecule has 0 spiro atoms. The number of nitrogens with zero attached hydrogens (tertiary/aromatic N) is 1. The van der Waals surface area contributed by atoms with Gasteiger partial charge in [-0.25, -0.2) is 4.98 Å². The van der Waals surface area contributed by atoms with Crippen molar-refractivity contribution in [3.05, 3.63) is 27.1 Å². The molecule has 16 heavy (non-hydrogen) atoms. The van der Waals surface area contributed by atoms with Gasteiger partial charge in [0.1, 0.15) is 10.5 Å². The van der Waals surface area contributed by atoms with Gasteiger partial charge in [0.2, 0.25) is 0 Å². The molecule has 0 amide bonds. The van der Waals surface area contributed by atoms with Crippen LogP contribution in [0, 0.1) is 0 Å². The lowest BCUT2D eigenvalue weighted by molar-refractivity contribution is 0.777. The van der Waals surface area contributed by atoms with Crippen LogP contribution in [0.3, 0.4) is 0 Å². The Balaban J connectivity index is 2.68. The molecule has 0 radical (unpaired) electrons. The lowest BCUT2D eigenvalue weighted by Crippen LogP contribution is -2.11. The number of nitrogens with one attached hydrogen (secondary N) is 1. The number of hydrogen-bond acceptors (Lipinski definition) is 3. The van der Waals surface area contributed by atoms with Gasteiger partial charge >= 0.3 is 0 Å². The average molecular weight is 236 g/mol. The van der Waals surface area contributed by atoms with Crippen molar-refractivity contribution >= 4 is 21.6 Å². The molecule has 2 heterocycles. The van der Waals surface area contributed by atoms with Crippen LogP contribution in [-0.4, -0.2) is 9.97 Å². The van der Waals surface area contributed by atoms with E-state index in [1.165, 1.54) is 4.88 Å². The summed E-state index contributed by atoms with van der Waals surface area (Å²) in [5.74, 6) is 1.46. The fourth-order valence-electron chi connectivity index (χ4n) is 1.53. The van der Waals surface area contributed by atoms with Crippen LogP contribution in [0.1, 0.15) is 50.2 Å². The highest BCUT2D eigenvalue weighted by molar-refractivity contribution is 7.19. The van der Waals surface area contributed by atoms with Gasteiger partial charge in [0.15, 0.2) is 0 Å². The van der Waals surface area contributed by atoms with Crippen molar-refractivity contribution in [3.63, 3.8) is 0 Å². The van der Waals surface area contributed by atoms with E-state index >= 15 is 0 Å².